The van der Waals surface area contributed by atoms with Gasteiger partial charge in [-0.2, -0.15) is 0 Å². The second-order valence-electron chi connectivity index (χ2n) is 4.06. The second kappa shape index (κ2) is 4.99. The number of halogens is 1. The Kier molecular flexibility index (Phi) is 3.65. The van der Waals surface area contributed by atoms with Crippen molar-refractivity contribution in [3.05, 3.63) is 28.7 Å². The molecule has 0 unspecified atom stereocenters. The summed E-state index contributed by atoms with van der Waals surface area (Å²) in [6, 6.07) is 8.32. The zero-order chi connectivity index (χ0) is 10.7. The molecule has 0 aromatic heterocycles. The largest absolute Gasteiger partial charge is 0.396 e. The fourth-order valence-electron chi connectivity index (χ4n) is 2.06. The first-order valence-corrected chi connectivity index (χ1v) is 6.21. The van der Waals surface area contributed by atoms with E-state index in [1.165, 1.54) is 5.69 Å². The van der Waals surface area contributed by atoms with Gasteiger partial charge in [0.25, 0.3) is 0 Å². The number of anilines is 1. The summed E-state index contributed by atoms with van der Waals surface area (Å²) < 4.78 is 1.16. The molecule has 1 saturated heterocycles. The lowest BCUT2D eigenvalue weighted by molar-refractivity contribution is 0.203. The molecule has 82 valence electrons. The van der Waals surface area contributed by atoms with Gasteiger partial charge in [-0.25, -0.2) is 0 Å². The van der Waals surface area contributed by atoms with Crippen LogP contribution in [0.1, 0.15) is 12.8 Å². The van der Waals surface area contributed by atoms with Gasteiger partial charge in [-0.15, -0.1) is 0 Å². The van der Waals surface area contributed by atoms with E-state index in [-0.39, 0.29) is 0 Å². The molecule has 1 aromatic rings. The maximum Gasteiger partial charge on any atom is 0.0510 e. The maximum absolute atomic E-state index is 9.07. The van der Waals surface area contributed by atoms with E-state index in [1.807, 2.05) is 6.07 Å². The third-order valence-corrected chi connectivity index (χ3v) is 3.74. The zero-order valence-corrected chi connectivity index (χ0v) is 10.3. The highest BCUT2D eigenvalue weighted by Gasteiger charge is 2.19. The molecule has 2 nitrogen and oxygen atoms in total. The van der Waals surface area contributed by atoms with E-state index in [0.29, 0.717) is 12.5 Å². The van der Waals surface area contributed by atoms with Crippen molar-refractivity contribution in [1.29, 1.82) is 0 Å². The number of hydrogen-bond acceptors (Lipinski definition) is 2. The average Bonchev–Trinajstić information content (AvgIpc) is 2.30. The molecular formula is C12H16BrNO. The van der Waals surface area contributed by atoms with Crippen molar-refractivity contribution in [3.63, 3.8) is 0 Å². The third kappa shape index (κ3) is 2.52. The number of hydrogen-bond donors (Lipinski definition) is 1. The van der Waals surface area contributed by atoms with Gasteiger partial charge in [-0.1, -0.05) is 12.1 Å². The molecule has 0 atom stereocenters. The van der Waals surface area contributed by atoms with Gasteiger partial charge in [0.2, 0.25) is 0 Å². The predicted octanol–water partition coefficient (Wildman–Crippen LogP) is 2.66. The molecule has 1 aliphatic heterocycles. The molecule has 0 saturated carbocycles. The van der Waals surface area contributed by atoms with E-state index >= 15 is 0 Å². The Morgan fingerprint density at radius 3 is 2.53 bits per heavy atom. The molecule has 1 heterocycles. The Balaban J connectivity index is 2.04. The number of rotatable bonds is 2. The van der Waals surface area contributed by atoms with Gasteiger partial charge in [-0.05, 0) is 46.8 Å². The van der Waals surface area contributed by atoms with Crippen LogP contribution in [0.4, 0.5) is 5.69 Å². The average molecular weight is 270 g/mol. The third-order valence-electron chi connectivity index (χ3n) is 3.07. The molecule has 0 bridgehead atoms. The molecule has 15 heavy (non-hydrogen) atoms. The molecule has 0 radical (unpaired) electrons. The first-order chi connectivity index (χ1) is 7.31. The highest BCUT2D eigenvalue weighted by atomic mass is 79.9. The van der Waals surface area contributed by atoms with Gasteiger partial charge in [-0.3, -0.25) is 0 Å². The Morgan fingerprint density at radius 1 is 1.27 bits per heavy atom. The minimum absolute atomic E-state index is 0.337. The van der Waals surface area contributed by atoms with Crippen LogP contribution in [0.15, 0.2) is 28.7 Å². The number of benzene rings is 1. The Bertz CT molecular complexity index is 321. The van der Waals surface area contributed by atoms with E-state index in [1.54, 1.807) is 0 Å². The van der Waals surface area contributed by atoms with Gasteiger partial charge in [0.05, 0.1) is 5.69 Å². The van der Waals surface area contributed by atoms with Crippen LogP contribution >= 0.6 is 15.9 Å². The smallest absolute Gasteiger partial charge is 0.0510 e. The topological polar surface area (TPSA) is 23.5 Å². The Morgan fingerprint density at radius 2 is 1.93 bits per heavy atom. The van der Waals surface area contributed by atoms with E-state index in [0.717, 1.165) is 30.4 Å². The summed E-state index contributed by atoms with van der Waals surface area (Å²) in [7, 11) is 0. The van der Waals surface area contributed by atoms with E-state index in [2.05, 4.69) is 39.0 Å². The van der Waals surface area contributed by atoms with Gasteiger partial charge in [0, 0.05) is 24.2 Å². The van der Waals surface area contributed by atoms with Gasteiger partial charge in [0.15, 0.2) is 0 Å². The first kappa shape index (κ1) is 11.0. The summed E-state index contributed by atoms with van der Waals surface area (Å²) >= 11 is 3.57. The highest BCUT2D eigenvalue weighted by molar-refractivity contribution is 9.10. The minimum Gasteiger partial charge on any atom is -0.396 e. The van der Waals surface area contributed by atoms with Gasteiger partial charge < -0.3 is 10.0 Å². The van der Waals surface area contributed by atoms with Crippen molar-refractivity contribution in [2.45, 2.75) is 12.8 Å². The summed E-state index contributed by atoms with van der Waals surface area (Å²) in [6.07, 6.45) is 2.19. The van der Waals surface area contributed by atoms with Crippen molar-refractivity contribution in [3.8, 4) is 0 Å². The SMILES string of the molecule is OCC1CCN(c2ccccc2Br)CC1. The fraction of sp³-hybridized carbons (Fsp3) is 0.500. The van der Waals surface area contributed by atoms with Crippen molar-refractivity contribution < 1.29 is 5.11 Å². The minimum atomic E-state index is 0.337. The summed E-state index contributed by atoms with van der Waals surface area (Å²) in [6.45, 7) is 2.44. The summed E-state index contributed by atoms with van der Waals surface area (Å²) in [5.74, 6) is 0.503. The van der Waals surface area contributed by atoms with Crippen LogP contribution in [0, 0.1) is 5.92 Å². The van der Waals surface area contributed by atoms with Crippen LogP contribution in [-0.2, 0) is 0 Å². The maximum atomic E-state index is 9.07. The van der Waals surface area contributed by atoms with Crippen molar-refractivity contribution in [2.24, 2.45) is 5.92 Å². The fourth-order valence-corrected chi connectivity index (χ4v) is 2.60. The number of para-hydroxylation sites is 1. The molecular weight excluding hydrogens is 254 g/mol. The Hall–Kier alpha value is -0.540. The summed E-state index contributed by atoms with van der Waals surface area (Å²) in [4.78, 5) is 2.39. The van der Waals surface area contributed by atoms with Crippen LogP contribution in [-0.4, -0.2) is 24.8 Å². The zero-order valence-electron chi connectivity index (χ0n) is 8.69. The first-order valence-electron chi connectivity index (χ1n) is 5.41. The molecule has 1 fully saturated rings. The molecule has 0 spiro atoms. The molecule has 0 aliphatic carbocycles. The molecule has 1 aromatic carbocycles. The summed E-state index contributed by atoms with van der Waals surface area (Å²) in [5.41, 5.74) is 1.27. The monoisotopic (exact) mass is 269 g/mol. The number of piperidine rings is 1. The quantitative estimate of drug-likeness (QED) is 0.893. The van der Waals surface area contributed by atoms with Gasteiger partial charge >= 0.3 is 0 Å². The van der Waals surface area contributed by atoms with Crippen LogP contribution in [0.5, 0.6) is 0 Å². The standard InChI is InChI=1S/C12H16BrNO/c13-11-3-1-2-4-12(11)14-7-5-10(9-15)6-8-14/h1-4,10,15H,5-9H2. The van der Waals surface area contributed by atoms with Crippen molar-refractivity contribution >= 4 is 21.6 Å². The predicted molar refractivity (Wildman–Crippen MR) is 66.2 cm³/mol. The van der Waals surface area contributed by atoms with Gasteiger partial charge in [0.1, 0.15) is 0 Å². The lowest BCUT2D eigenvalue weighted by Crippen LogP contribution is -2.34. The van der Waals surface area contributed by atoms with Crippen LogP contribution in [0.2, 0.25) is 0 Å². The number of nitrogens with zero attached hydrogens (tertiary/aromatic N) is 1. The van der Waals surface area contributed by atoms with E-state index in [4.69, 9.17) is 5.11 Å². The second-order valence-corrected chi connectivity index (χ2v) is 4.92. The number of aliphatic hydroxyl groups excluding tert-OH is 1. The van der Waals surface area contributed by atoms with Crippen molar-refractivity contribution in [1.82, 2.24) is 0 Å². The normalized spacial score (nSPS) is 18.1. The molecule has 0 amide bonds. The summed E-state index contributed by atoms with van der Waals surface area (Å²) in [5, 5.41) is 9.07. The molecule has 1 aliphatic rings. The van der Waals surface area contributed by atoms with Crippen LogP contribution in [0.25, 0.3) is 0 Å². The van der Waals surface area contributed by atoms with E-state index in [9.17, 15) is 0 Å². The lowest BCUT2D eigenvalue weighted by Gasteiger charge is -2.33. The number of aliphatic hydroxyl groups is 1. The Labute approximate surface area is 99.0 Å². The van der Waals surface area contributed by atoms with Crippen LogP contribution in [0.3, 0.4) is 0 Å². The highest BCUT2D eigenvalue weighted by Crippen LogP contribution is 2.29. The molecule has 1 N–H and O–H groups in total. The van der Waals surface area contributed by atoms with Crippen LogP contribution < -0.4 is 4.90 Å². The molecule has 3 heteroatoms. The van der Waals surface area contributed by atoms with E-state index < -0.39 is 0 Å². The molecule has 2 rings (SSSR count). The van der Waals surface area contributed by atoms with Crippen molar-refractivity contribution in [2.75, 3.05) is 24.6 Å². The lowest BCUT2D eigenvalue weighted by atomic mass is 9.97.